The van der Waals surface area contributed by atoms with Crippen molar-refractivity contribution in [3.05, 3.63) is 63.8 Å². The van der Waals surface area contributed by atoms with Gasteiger partial charge in [-0.25, -0.2) is 4.98 Å². The van der Waals surface area contributed by atoms with Crippen LogP contribution in [-0.4, -0.2) is 58.0 Å². The minimum absolute atomic E-state index is 0.0793. The molecule has 0 N–H and O–H groups in total. The van der Waals surface area contributed by atoms with Crippen LogP contribution in [-0.2, 0) is 17.8 Å². The highest BCUT2D eigenvalue weighted by Gasteiger charge is 2.32. The number of carbonyl (C=O) groups excluding carboxylic acids is 1. The summed E-state index contributed by atoms with van der Waals surface area (Å²) in [6, 6.07) is 12.3. The van der Waals surface area contributed by atoms with Crippen molar-refractivity contribution in [1.29, 1.82) is 0 Å². The third kappa shape index (κ3) is 4.45. The van der Waals surface area contributed by atoms with Crippen molar-refractivity contribution in [2.24, 2.45) is 0 Å². The van der Waals surface area contributed by atoms with Gasteiger partial charge in [0.1, 0.15) is 5.82 Å². The lowest BCUT2D eigenvalue weighted by molar-refractivity contribution is -0.131. The highest BCUT2D eigenvalue weighted by molar-refractivity contribution is 5.78. The van der Waals surface area contributed by atoms with Gasteiger partial charge in [0.25, 0.3) is 5.56 Å². The molecule has 0 spiro atoms. The second-order valence-electron chi connectivity index (χ2n) is 9.35. The van der Waals surface area contributed by atoms with Crippen LogP contribution in [0.4, 0.5) is 0 Å². The number of hydrogen-bond donors (Lipinski definition) is 0. The molecule has 1 aromatic heterocycles. The lowest BCUT2D eigenvalue weighted by Gasteiger charge is -2.21. The highest BCUT2D eigenvalue weighted by atomic mass is 16.2. The summed E-state index contributed by atoms with van der Waals surface area (Å²) in [5.74, 6) is 1.86. The topological polar surface area (TPSA) is 58.4 Å². The molecule has 6 nitrogen and oxygen atoms in total. The molecule has 164 valence electrons. The molecule has 0 aliphatic carbocycles. The predicted molar refractivity (Wildman–Crippen MR) is 120 cm³/mol. The van der Waals surface area contributed by atoms with Crippen LogP contribution >= 0.6 is 0 Å². The molecule has 0 saturated carbocycles. The Bertz CT molecular complexity index is 987. The van der Waals surface area contributed by atoms with Gasteiger partial charge in [-0.1, -0.05) is 36.8 Å². The van der Waals surface area contributed by atoms with E-state index in [1.165, 1.54) is 5.56 Å². The van der Waals surface area contributed by atoms with Crippen LogP contribution in [0.3, 0.4) is 0 Å². The minimum Gasteiger partial charge on any atom is -0.341 e. The van der Waals surface area contributed by atoms with Crippen LogP contribution in [0.5, 0.6) is 0 Å². The van der Waals surface area contributed by atoms with Gasteiger partial charge in [-0.2, -0.15) is 0 Å². The smallest absolute Gasteiger partial charge is 0.253 e. The first-order chi connectivity index (χ1) is 15.2. The zero-order valence-electron chi connectivity index (χ0n) is 18.2. The molecule has 2 fully saturated rings. The number of benzene rings is 1. The Morgan fingerprint density at radius 1 is 0.968 bits per heavy atom. The van der Waals surface area contributed by atoms with E-state index in [1.807, 2.05) is 9.47 Å². The quantitative estimate of drug-likeness (QED) is 0.763. The first kappa shape index (κ1) is 20.4. The lowest BCUT2D eigenvalue weighted by atomic mass is 9.99. The van der Waals surface area contributed by atoms with Gasteiger partial charge in [-0.15, -0.1) is 0 Å². The number of likely N-dealkylation sites (tertiary alicyclic amines) is 2. The van der Waals surface area contributed by atoms with Crippen molar-refractivity contribution in [2.45, 2.75) is 56.9 Å². The van der Waals surface area contributed by atoms with E-state index in [9.17, 15) is 9.59 Å². The second kappa shape index (κ2) is 8.95. The van der Waals surface area contributed by atoms with Gasteiger partial charge >= 0.3 is 0 Å². The van der Waals surface area contributed by atoms with Crippen molar-refractivity contribution < 1.29 is 4.79 Å². The van der Waals surface area contributed by atoms with Crippen LogP contribution in [0.25, 0.3) is 0 Å². The molecule has 3 aliphatic rings. The molecule has 31 heavy (non-hydrogen) atoms. The first-order valence-corrected chi connectivity index (χ1v) is 11.8. The maximum atomic E-state index is 13.0. The van der Waals surface area contributed by atoms with Crippen LogP contribution in [0, 0.1) is 0 Å². The Balaban J connectivity index is 1.19. The molecule has 0 bridgehead atoms. The van der Waals surface area contributed by atoms with E-state index in [2.05, 4.69) is 35.2 Å². The predicted octanol–water partition coefficient (Wildman–Crippen LogP) is 2.78. The summed E-state index contributed by atoms with van der Waals surface area (Å²) in [4.78, 5) is 34.7. The minimum atomic E-state index is 0.0793. The molecule has 2 aromatic rings. The molecule has 0 radical (unpaired) electrons. The third-order valence-electron chi connectivity index (χ3n) is 7.25. The Hall–Kier alpha value is -2.47. The molecule has 5 rings (SSSR count). The van der Waals surface area contributed by atoms with Gasteiger partial charge in [0, 0.05) is 44.6 Å². The third-order valence-corrected chi connectivity index (χ3v) is 7.25. The molecule has 1 aromatic carbocycles. The second-order valence-corrected chi connectivity index (χ2v) is 9.35. The zero-order chi connectivity index (χ0) is 21.2. The normalized spacial score (nSPS) is 24.2. The number of amides is 1. The molecule has 6 heteroatoms. The molecule has 4 heterocycles. The fourth-order valence-corrected chi connectivity index (χ4v) is 5.44. The van der Waals surface area contributed by atoms with Crippen LogP contribution < -0.4 is 5.56 Å². The maximum Gasteiger partial charge on any atom is 0.253 e. The summed E-state index contributed by atoms with van der Waals surface area (Å²) in [6.45, 7) is 4.67. The standard InChI is InChI=1S/C25H32N4O2/c30-24-15-22(26-23-9-5-2-6-12-29(23)24)21-11-14-28(17-21)25(31)18-27-13-10-20(16-27)19-7-3-1-4-8-19/h1,3-4,7-8,15,20-21H,2,5-6,9-14,16-18H2/t20-,21-/m0/s1. The van der Waals surface area contributed by atoms with E-state index in [-0.39, 0.29) is 17.4 Å². The largest absolute Gasteiger partial charge is 0.341 e. The molecular weight excluding hydrogens is 388 g/mol. The fraction of sp³-hybridized carbons (Fsp3) is 0.560. The average molecular weight is 421 g/mol. The summed E-state index contributed by atoms with van der Waals surface area (Å²) in [7, 11) is 0. The van der Waals surface area contributed by atoms with Crippen molar-refractivity contribution >= 4 is 5.91 Å². The number of rotatable bonds is 4. The number of nitrogens with zero attached hydrogens (tertiary/aromatic N) is 4. The first-order valence-electron chi connectivity index (χ1n) is 11.8. The van der Waals surface area contributed by atoms with Gasteiger partial charge < -0.3 is 4.90 Å². The number of aryl methyl sites for hydroxylation is 1. The van der Waals surface area contributed by atoms with E-state index < -0.39 is 0 Å². The molecule has 2 saturated heterocycles. The van der Waals surface area contributed by atoms with Crippen molar-refractivity contribution in [1.82, 2.24) is 19.4 Å². The van der Waals surface area contributed by atoms with Crippen molar-refractivity contribution in [2.75, 3.05) is 32.7 Å². The zero-order valence-corrected chi connectivity index (χ0v) is 18.2. The van der Waals surface area contributed by atoms with Gasteiger partial charge in [0.2, 0.25) is 5.91 Å². The summed E-state index contributed by atoms with van der Waals surface area (Å²) >= 11 is 0. The highest BCUT2D eigenvalue weighted by Crippen LogP contribution is 2.29. The fourth-order valence-electron chi connectivity index (χ4n) is 5.44. The molecule has 0 unspecified atom stereocenters. The Morgan fingerprint density at radius 3 is 2.68 bits per heavy atom. The Labute approximate surface area is 183 Å². The van der Waals surface area contributed by atoms with E-state index >= 15 is 0 Å². The maximum absolute atomic E-state index is 13.0. The summed E-state index contributed by atoms with van der Waals surface area (Å²) in [5.41, 5.74) is 2.34. The molecule has 3 aliphatic heterocycles. The average Bonchev–Trinajstić information content (AvgIpc) is 3.40. The van der Waals surface area contributed by atoms with Crippen LogP contribution in [0.2, 0.25) is 0 Å². The summed E-state index contributed by atoms with van der Waals surface area (Å²) < 4.78 is 1.85. The summed E-state index contributed by atoms with van der Waals surface area (Å²) in [6.07, 6.45) is 6.21. The van der Waals surface area contributed by atoms with E-state index in [4.69, 9.17) is 4.98 Å². The van der Waals surface area contributed by atoms with E-state index in [0.717, 1.165) is 76.2 Å². The molecular formula is C25H32N4O2. The van der Waals surface area contributed by atoms with Gasteiger partial charge in [-0.05, 0) is 43.7 Å². The number of aromatic nitrogens is 2. The van der Waals surface area contributed by atoms with E-state index in [0.29, 0.717) is 19.0 Å². The Morgan fingerprint density at radius 2 is 1.81 bits per heavy atom. The molecule has 2 atom stereocenters. The van der Waals surface area contributed by atoms with Crippen molar-refractivity contribution in [3.63, 3.8) is 0 Å². The summed E-state index contributed by atoms with van der Waals surface area (Å²) in [5, 5.41) is 0. The number of fused-ring (bicyclic) bond motifs is 1. The number of carbonyl (C=O) groups is 1. The lowest BCUT2D eigenvalue weighted by Crippen LogP contribution is -2.38. The van der Waals surface area contributed by atoms with Gasteiger partial charge in [0.05, 0.1) is 12.2 Å². The van der Waals surface area contributed by atoms with Gasteiger partial charge in [-0.3, -0.25) is 19.1 Å². The molecule has 1 amide bonds. The van der Waals surface area contributed by atoms with Crippen LogP contribution in [0.15, 0.2) is 41.2 Å². The Kier molecular flexibility index (Phi) is 5.90. The SMILES string of the molecule is O=C(CN1CC[C@H](c2ccccc2)C1)N1CC[C@H](c2cc(=O)n3c(n2)CCCCC3)C1. The van der Waals surface area contributed by atoms with Crippen LogP contribution in [0.1, 0.15) is 61.0 Å². The van der Waals surface area contributed by atoms with Crippen molar-refractivity contribution in [3.8, 4) is 0 Å². The van der Waals surface area contributed by atoms with Gasteiger partial charge in [0.15, 0.2) is 0 Å². The number of hydrogen-bond acceptors (Lipinski definition) is 4. The van der Waals surface area contributed by atoms with E-state index in [1.54, 1.807) is 6.07 Å². The monoisotopic (exact) mass is 420 g/mol.